The van der Waals surface area contributed by atoms with Crippen LogP contribution >= 0.6 is 31.3 Å². The van der Waals surface area contributed by atoms with Gasteiger partial charge in [0.1, 0.15) is 28.5 Å². The number of carbonyl (C=O) groups is 2. The average molecular weight is 969 g/mol. The lowest BCUT2D eigenvalue weighted by Crippen LogP contribution is -2.44. The van der Waals surface area contributed by atoms with E-state index >= 15 is 4.39 Å². The van der Waals surface area contributed by atoms with Crippen LogP contribution in [0.25, 0.3) is 10.4 Å². The van der Waals surface area contributed by atoms with Crippen LogP contribution in [0.5, 0.6) is 11.5 Å². The van der Waals surface area contributed by atoms with Crippen LogP contribution in [0.15, 0.2) is 101 Å². The van der Waals surface area contributed by atoms with Crippen molar-refractivity contribution in [1.29, 1.82) is 0 Å². The van der Waals surface area contributed by atoms with Crippen molar-refractivity contribution in [3.63, 3.8) is 0 Å². The molecule has 5 rings (SSSR count). The zero-order valence-electron chi connectivity index (χ0n) is 38.6. The molecule has 0 bridgehead atoms. The van der Waals surface area contributed by atoms with Gasteiger partial charge in [-0.3, -0.25) is 27.7 Å². The Labute approximate surface area is 393 Å². The predicted octanol–water partition coefficient (Wildman–Crippen LogP) is 9.99. The molecule has 0 saturated carbocycles. The van der Waals surface area contributed by atoms with Gasteiger partial charge in [0.05, 0.1) is 40.6 Å². The molecule has 356 valence electrons. The summed E-state index contributed by atoms with van der Waals surface area (Å²) in [6.07, 6.45) is -2.12. The second-order valence-corrected chi connectivity index (χ2v) is 21.4. The lowest BCUT2D eigenvalue weighted by atomic mass is 9.77. The molecule has 0 aliphatic carbocycles. The summed E-state index contributed by atoms with van der Waals surface area (Å²) in [5.41, 5.74) is 6.72. The fourth-order valence-corrected chi connectivity index (χ4v) is 10.0. The molecule has 1 saturated heterocycles. The maximum atomic E-state index is 16.6. The van der Waals surface area contributed by atoms with E-state index in [0.29, 0.717) is 11.5 Å². The van der Waals surface area contributed by atoms with Crippen LogP contribution in [0.1, 0.15) is 71.4 Å². The molecule has 0 unspecified atom stereocenters. The van der Waals surface area contributed by atoms with Crippen molar-refractivity contribution in [3.8, 4) is 11.5 Å². The van der Waals surface area contributed by atoms with Crippen LogP contribution in [-0.2, 0) is 38.0 Å². The molecule has 1 aliphatic rings. The number of hydrogen-bond donors (Lipinski definition) is 1. The Morgan fingerprint density at radius 2 is 1.35 bits per heavy atom. The molecule has 0 radical (unpaired) electrons. The highest BCUT2D eigenvalue weighted by molar-refractivity contribution is 8.14. The van der Waals surface area contributed by atoms with Gasteiger partial charge in [-0.15, -0.1) is 0 Å². The maximum absolute atomic E-state index is 16.6. The van der Waals surface area contributed by atoms with Crippen molar-refractivity contribution in [2.45, 2.75) is 72.0 Å². The largest absolute Gasteiger partial charge is 0.497 e. The zero-order chi connectivity index (χ0) is 48.3. The fraction of sp³-hybridized carbons (Fsp3) is 0.478. The Morgan fingerprint density at radius 1 is 0.848 bits per heavy atom. The first kappa shape index (κ1) is 52.3. The van der Waals surface area contributed by atoms with E-state index in [1.54, 1.807) is 55.8 Å². The lowest BCUT2D eigenvalue weighted by molar-refractivity contribution is -0.118. The number of nitrogens with zero attached hydrogens (tertiary/aromatic N) is 5. The van der Waals surface area contributed by atoms with E-state index in [-0.39, 0.29) is 40.8 Å². The second kappa shape index (κ2) is 22.4. The van der Waals surface area contributed by atoms with Gasteiger partial charge in [0, 0.05) is 39.4 Å². The van der Waals surface area contributed by atoms with Crippen molar-refractivity contribution >= 4 is 47.4 Å². The minimum atomic E-state index is -4.50. The molecule has 2 heterocycles. The Morgan fingerprint density at radius 3 is 1.80 bits per heavy atom. The Hall–Kier alpha value is -4.71. The summed E-state index contributed by atoms with van der Waals surface area (Å²) in [5, 5.41) is 6.99. The van der Waals surface area contributed by atoms with E-state index < -0.39 is 67.0 Å². The van der Waals surface area contributed by atoms with Crippen LogP contribution in [0.4, 0.5) is 10.2 Å². The summed E-state index contributed by atoms with van der Waals surface area (Å²) in [5.74, 6) is 0.545. The topological polar surface area (TPSA) is 202 Å². The van der Waals surface area contributed by atoms with E-state index in [9.17, 15) is 24.5 Å². The molecule has 3 aromatic carbocycles. The lowest BCUT2D eigenvalue weighted by Gasteiger charge is -2.37. The molecule has 4 aromatic rings. The number of ether oxygens (including phenoxy) is 3. The monoisotopic (exact) mass is 968 g/mol. The summed E-state index contributed by atoms with van der Waals surface area (Å²) in [7, 11) is -1.34. The SMILES string of the molecule is COc1ccc(C(Nc2ccn([C@@H]3O[C@](CN=[N+]=[N-])(COP(=O)(OCCSC(=O)C(C)(C)C)OCCSC(=O)C(C)(C)C)[C@@H](C)[C@H]3F)c(=O)n2)(c2ccccc2)c2ccc(OC)cc2)cc1. The molecule has 4 atom stereocenters. The molecule has 0 amide bonds. The maximum Gasteiger partial charge on any atom is 0.474 e. The molecule has 16 nitrogen and oxygen atoms in total. The van der Waals surface area contributed by atoms with Crippen molar-refractivity contribution < 1.29 is 46.3 Å². The van der Waals surface area contributed by atoms with Gasteiger partial charge >= 0.3 is 13.5 Å². The Balaban J connectivity index is 1.45. The van der Waals surface area contributed by atoms with Gasteiger partial charge in [-0.2, -0.15) is 4.98 Å². The summed E-state index contributed by atoms with van der Waals surface area (Å²) in [4.78, 5) is 46.4. The normalized spacial score (nSPS) is 18.9. The zero-order valence-corrected chi connectivity index (χ0v) is 41.1. The van der Waals surface area contributed by atoms with E-state index in [2.05, 4.69) is 20.3 Å². The highest BCUT2D eigenvalue weighted by atomic mass is 32.2. The number of benzene rings is 3. The number of alkyl halides is 1. The third kappa shape index (κ3) is 12.6. The number of rotatable bonds is 21. The van der Waals surface area contributed by atoms with Gasteiger partial charge < -0.3 is 19.5 Å². The number of halogens is 1. The van der Waals surface area contributed by atoms with Crippen LogP contribution in [-0.4, -0.2) is 83.6 Å². The first-order chi connectivity index (χ1) is 31.2. The first-order valence-electron chi connectivity index (χ1n) is 21.1. The molecule has 1 fully saturated rings. The van der Waals surface area contributed by atoms with Gasteiger partial charge in [0.2, 0.25) is 0 Å². The van der Waals surface area contributed by atoms with Gasteiger partial charge in [-0.25, -0.2) is 13.8 Å². The van der Waals surface area contributed by atoms with Crippen LogP contribution in [0.2, 0.25) is 0 Å². The quantitative estimate of drug-likeness (QED) is 0.0206. The number of phosphoric ester groups is 1. The number of methoxy groups -OCH3 is 2. The van der Waals surface area contributed by atoms with Gasteiger partial charge in [0.15, 0.2) is 22.6 Å². The number of carbonyl (C=O) groups excluding carboxylic acids is 2. The summed E-state index contributed by atoms with van der Waals surface area (Å²) in [6.45, 7) is 10.5. The number of anilines is 1. The molecule has 1 aliphatic heterocycles. The molecule has 20 heteroatoms. The summed E-state index contributed by atoms with van der Waals surface area (Å²) >= 11 is 1.98. The molecule has 66 heavy (non-hydrogen) atoms. The van der Waals surface area contributed by atoms with E-state index in [0.717, 1.165) is 44.8 Å². The molecular formula is C46H58FN6O10PS2. The molecular weight excluding hydrogens is 911 g/mol. The number of thioether (sulfide) groups is 2. The van der Waals surface area contributed by atoms with Crippen LogP contribution in [0, 0.1) is 16.7 Å². The number of phosphoric acid groups is 1. The average Bonchev–Trinajstić information content (AvgIpc) is 3.54. The number of hydrogen-bond acceptors (Lipinski definition) is 15. The Kier molecular flexibility index (Phi) is 17.7. The third-order valence-electron chi connectivity index (χ3n) is 10.8. The summed E-state index contributed by atoms with van der Waals surface area (Å²) < 4.78 is 66.2. The van der Waals surface area contributed by atoms with Gasteiger partial charge in [-0.05, 0) is 52.6 Å². The first-order valence-corrected chi connectivity index (χ1v) is 24.6. The molecule has 1 N–H and O–H groups in total. The van der Waals surface area contributed by atoms with Gasteiger partial charge in [-0.1, -0.05) is 132 Å². The van der Waals surface area contributed by atoms with Crippen molar-refractivity contribution in [2.24, 2.45) is 21.9 Å². The smallest absolute Gasteiger partial charge is 0.474 e. The predicted molar refractivity (Wildman–Crippen MR) is 255 cm³/mol. The van der Waals surface area contributed by atoms with E-state index in [1.165, 1.54) is 19.2 Å². The number of aromatic nitrogens is 2. The van der Waals surface area contributed by atoms with Gasteiger partial charge in [0.25, 0.3) is 0 Å². The third-order valence-corrected chi connectivity index (χ3v) is 14.8. The number of nitrogens with one attached hydrogen (secondary N) is 1. The van der Waals surface area contributed by atoms with Crippen molar-refractivity contribution in [2.75, 3.05) is 57.4 Å². The standard InChI is InChI=1S/C46H58FN6O10PS2/c1-31-38(47)39(63-45(31,29-49-52-48)30-62-64(57,60-25-27-65-40(54)43(2,3)4)61-26-28-66-41(55)44(5,6)7)53-24-23-37(50-42(53)56)51-46(32-13-11-10-12-14-32,33-15-19-35(58-8)20-16-33)34-17-21-36(59-9)22-18-34/h10-24,31,38-39H,25-30H2,1-9H3,(H,50,51,56)/t31-,38+,39+,45+/m0/s1. The highest BCUT2D eigenvalue weighted by Gasteiger charge is 2.55. The fourth-order valence-electron chi connectivity index (χ4n) is 6.96. The van der Waals surface area contributed by atoms with Crippen molar-refractivity contribution in [3.05, 3.63) is 129 Å². The highest BCUT2D eigenvalue weighted by Crippen LogP contribution is 2.53. The summed E-state index contributed by atoms with van der Waals surface area (Å²) in [6, 6.07) is 26.1. The molecule has 0 spiro atoms. The Bertz CT molecular complexity index is 2340. The van der Waals surface area contributed by atoms with Crippen LogP contribution < -0.4 is 20.5 Å². The molecule has 1 aromatic heterocycles. The van der Waals surface area contributed by atoms with E-state index in [4.69, 9.17) is 27.8 Å². The number of azide groups is 1. The van der Waals surface area contributed by atoms with Crippen LogP contribution in [0.3, 0.4) is 0 Å². The minimum Gasteiger partial charge on any atom is -0.497 e. The van der Waals surface area contributed by atoms with E-state index in [1.807, 2.05) is 78.9 Å². The second-order valence-electron chi connectivity index (χ2n) is 17.6. The minimum absolute atomic E-state index is 0.111. The van der Waals surface area contributed by atoms with Crippen molar-refractivity contribution in [1.82, 2.24) is 9.55 Å².